The third kappa shape index (κ3) is 5.89. The number of benzene rings is 2. The molecule has 3 aromatic rings. The number of hydrogen-bond donors (Lipinski definition) is 0. The van der Waals surface area contributed by atoms with Gasteiger partial charge in [0.1, 0.15) is 18.1 Å². The number of nitro benzene ring substituents is 1. The summed E-state index contributed by atoms with van der Waals surface area (Å²) >= 11 is 0. The molecule has 1 aliphatic carbocycles. The zero-order valence-electron chi connectivity index (χ0n) is 19.1. The average Bonchev–Trinajstić information content (AvgIpc) is 3.61. The monoisotopic (exact) mass is 461 g/mol. The Morgan fingerprint density at radius 1 is 1.03 bits per heavy atom. The maximum Gasteiger partial charge on any atom is 0.269 e. The van der Waals surface area contributed by atoms with E-state index in [1.54, 1.807) is 9.80 Å². The van der Waals surface area contributed by atoms with Gasteiger partial charge in [-0.1, -0.05) is 30.3 Å². The van der Waals surface area contributed by atoms with E-state index < -0.39 is 4.92 Å². The number of carbonyl (C=O) groups excluding carboxylic acids is 2. The zero-order valence-corrected chi connectivity index (χ0v) is 19.1. The highest BCUT2D eigenvalue weighted by Gasteiger charge is 2.35. The number of rotatable bonds is 10. The Kier molecular flexibility index (Phi) is 7.06. The summed E-state index contributed by atoms with van der Waals surface area (Å²) in [4.78, 5) is 40.3. The fourth-order valence-electron chi connectivity index (χ4n) is 3.85. The third-order valence-corrected chi connectivity index (χ3v) is 5.89. The topological polar surface area (TPSA) is 96.9 Å². The lowest BCUT2D eigenvalue weighted by atomic mass is 10.1. The molecule has 2 aromatic carbocycles. The van der Waals surface area contributed by atoms with E-state index in [-0.39, 0.29) is 30.1 Å². The molecule has 34 heavy (non-hydrogen) atoms. The largest absolute Gasteiger partial charge is 0.464 e. The number of non-ortho nitro benzene ring substituents is 1. The van der Waals surface area contributed by atoms with Gasteiger partial charge in [-0.3, -0.25) is 19.7 Å². The van der Waals surface area contributed by atoms with Crippen LogP contribution in [-0.2, 0) is 17.8 Å². The predicted octanol–water partition coefficient (Wildman–Crippen LogP) is 4.37. The van der Waals surface area contributed by atoms with Crippen LogP contribution in [0.15, 0.2) is 71.1 Å². The highest BCUT2D eigenvalue weighted by atomic mass is 16.6. The number of nitro groups is 1. The summed E-state index contributed by atoms with van der Waals surface area (Å²) in [5.41, 5.74) is 1.38. The Balaban J connectivity index is 1.49. The second-order valence-electron chi connectivity index (χ2n) is 8.53. The second kappa shape index (κ2) is 10.3. The van der Waals surface area contributed by atoms with Gasteiger partial charge >= 0.3 is 0 Å². The molecule has 0 saturated heterocycles. The molecule has 8 heteroatoms. The molecular formula is C26H27N3O5. The molecule has 8 nitrogen and oxygen atoms in total. The molecule has 0 unspecified atom stereocenters. The summed E-state index contributed by atoms with van der Waals surface area (Å²) < 4.78 is 5.70. The van der Waals surface area contributed by atoms with Gasteiger partial charge in [-0.25, -0.2) is 0 Å². The molecular weight excluding hydrogens is 434 g/mol. The van der Waals surface area contributed by atoms with E-state index >= 15 is 0 Å². The molecule has 2 amide bonds. The van der Waals surface area contributed by atoms with Crippen LogP contribution in [0.5, 0.6) is 0 Å². The molecule has 0 N–H and O–H groups in total. The first-order valence-corrected chi connectivity index (χ1v) is 11.3. The first-order valence-electron chi connectivity index (χ1n) is 11.3. The normalized spacial score (nSPS) is 12.9. The van der Waals surface area contributed by atoms with Gasteiger partial charge in [0.25, 0.3) is 11.6 Å². The third-order valence-electron chi connectivity index (χ3n) is 5.89. The SMILES string of the molecule is Cc1ccc(CN(CCc2ccccc2)C(=O)CN(C(=O)c2ccc([N+](=O)[O-])cc2)C2CC2)o1. The van der Waals surface area contributed by atoms with Crippen LogP contribution in [0.3, 0.4) is 0 Å². The van der Waals surface area contributed by atoms with Gasteiger partial charge in [-0.15, -0.1) is 0 Å². The number of hydrogen-bond acceptors (Lipinski definition) is 5. The molecule has 0 radical (unpaired) electrons. The Morgan fingerprint density at radius 3 is 2.32 bits per heavy atom. The molecule has 1 aliphatic rings. The molecule has 0 atom stereocenters. The minimum Gasteiger partial charge on any atom is -0.464 e. The molecule has 1 saturated carbocycles. The first-order chi connectivity index (χ1) is 16.4. The Labute approximate surface area is 197 Å². The quantitative estimate of drug-likeness (QED) is 0.330. The van der Waals surface area contributed by atoms with E-state index in [1.165, 1.54) is 24.3 Å². The van der Waals surface area contributed by atoms with Crippen LogP contribution in [0.4, 0.5) is 5.69 Å². The summed E-state index contributed by atoms with van der Waals surface area (Å²) in [7, 11) is 0. The van der Waals surface area contributed by atoms with Crippen LogP contribution in [0.2, 0.25) is 0 Å². The minimum absolute atomic E-state index is 0.00784. The minimum atomic E-state index is -0.503. The van der Waals surface area contributed by atoms with Gasteiger partial charge in [0.2, 0.25) is 5.91 Å². The highest BCUT2D eigenvalue weighted by molar-refractivity contribution is 5.97. The number of furan rings is 1. The lowest BCUT2D eigenvalue weighted by molar-refractivity contribution is -0.384. The number of carbonyl (C=O) groups is 2. The van der Waals surface area contributed by atoms with Crippen molar-refractivity contribution in [1.82, 2.24) is 9.80 Å². The van der Waals surface area contributed by atoms with Gasteiger partial charge in [0, 0.05) is 30.3 Å². The average molecular weight is 462 g/mol. The van der Waals surface area contributed by atoms with Gasteiger partial charge in [-0.05, 0) is 56.0 Å². The summed E-state index contributed by atoms with van der Waals surface area (Å²) in [6.07, 6.45) is 2.37. The maximum absolute atomic E-state index is 13.4. The van der Waals surface area contributed by atoms with Crippen molar-refractivity contribution in [1.29, 1.82) is 0 Å². The summed E-state index contributed by atoms with van der Waals surface area (Å²) in [6, 6.07) is 19.2. The molecule has 1 heterocycles. The van der Waals surface area contributed by atoms with Crippen LogP contribution in [0, 0.1) is 17.0 Å². The standard InChI is InChI=1S/C26H27N3O5/c1-19-7-14-24(34-19)17-27(16-15-20-5-3-2-4-6-20)25(30)18-28(22-12-13-22)26(31)21-8-10-23(11-9-21)29(32)33/h2-11,14,22H,12-13,15-18H2,1H3. The van der Waals surface area contributed by atoms with Crippen molar-refractivity contribution in [2.24, 2.45) is 0 Å². The van der Waals surface area contributed by atoms with Crippen molar-refractivity contribution in [3.05, 3.63) is 99.5 Å². The summed E-state index contributed by atoms with van der Waals surface area (Å²) in [5.74, 6) is 1.02. The first kappa shape index (κ1) is 23.2. The van der Waals surface area contributed by atoms with Crippen molar-refractivity contribution in [2.45, 2.75) is 38.8 Å². The molecule has 0 spiro atoms. The van der Waals surface area contributed by atoms with Crippen LogP contribution in [-0.4, -0.2) is 45.7 Å². The lowest BCUT2D eigenvalue weighted by Gasteiger charge is -2.27. The van der Waals surface area contributed by atoms with E-state index in [0.717, 1.165) is 24.2 Å². The van der Waals surface area contributed by atoms with Gasteiger partial charge in [-0.2, -0.15) is 0 Å². The van der Waals surface area contributed by atoms with Gasteiger partial charge < -0.3 is 14.2 Å². The Morgan fingerprint density at radius 2 is 1.74 bits per heavy atom. The molecule has 176 valence electrons. The molecule has 1 fully saturated rings. The lowest BCUT2D eigenvalue weighted by Crippen LogP contribution is -2.44. The van der Waals surface area contributed by atoms with Crippen molar-refractivity contribution in [3.8, 4) is 0 Å². The fourth-order valence-corrected chi connectivity index (χ4v) is 3.85. The van der Waals surface area contributed by atoms with E-state index in [0.29, 0.717) is 30.8 Å². The maximum atomic E-state index is 13.4. The van der Waals surface area contributed by atoms with Crippen LogP contribution < -0.4 is 0 Å². The smallest absolute Gasteiger partial charge is 0.269 e. The van der Waals surface area contributed by atoms with Crippen molar-refractivity contribution < 1.29 is 18.9 Å². The van der Waals surface area contributed by atoms with E-state index in [1.807, 2.05) is 49.4 Å². The predicted molar refractivity (Wildman–Crippen MR) is 126 cm³/mol. The molecule has 0 bridgehead atoms. The number of amides is 2. The van der Waals surface area contributed by atoms with Crippen molar-refractivity contribution in [2.75, 3.05) is 13.1 Å². The molecule has 0 aliphatic heterocycles. The fraction of sp³-hybridized carbons (Fsp3) is 0.308. The van der Waals surface area contributed by atoms with Crippen molar-refractivity contribution in [3.63, 3.8) is 0 Å². The molecule has 4 rings (SSSR count). The second-order valence-corrected chi connectivity index (χ2v) is 8.53. The zero-order chi connectivity index (χ0) is 24.1. The molecule has 1 aromatic heterocycles. The van der Waals surface area contributed by atoms with E-state index in [2.05, 4.69) is 0 Å². The van der Waals surface area contributed by atoms with Crippen LogP contribution >= 0.6 is 0 Å². The highest BCUT2D eigenvalue weighted by Crippen LogP contribution is 2.29. The van der Waals surface area contributed by atoms with Crippen LogP contribution in [0.1, 0.15) is 40.3 Å². The van der Waals surface area contributed by atoms with Crippen molar-refractivity contribution >= 4 is 17.5 Å². The van der Waals surface area contributed by atoms with Gasteiger partial charge in [0.15, 0.2) is 0 Å². The van der Waals surface area contributed by atoms with E-state index in [4.69, 9.17) is 4.42 Å². The Hall–Kier alpha value is -3.94. The number of aryl methyl sites for hydroxylation is 1. The Bertz CT molecular complexity index is 1150. The van der Waals surface area contributed by atoms with Crippen LogP contribution in [0.25, 0.3) is 0 Å². The summed E-state index contributed by atoms with van der Waals surface area (Å²) in [6.45, 7) is 2.63. The van der Waals surface area contributed by atoms with Gasteiger partial charge in [0.05, 0.1) is 11.5 Å². The van der Waals surface area contributed by atoms with E-state index in [9.17, 15) is 19.7 Å². The number of nitrogens with zero attached hydrogens (tertiary/aromatic N) is 3. The summed E-state index contributed by atoms with van der Waals surface area (Å²) in [5, 5.41) is 10.9.